The molecule has 0 saturated heterocycles. The van der Waals surface area contributed by atoms with Gasteiger partial charge in [0.05, 0.1) is 5.69 Å². The summed E-state index contributed by atoms with van der Waals surface area (Å²) in [5.74, 6) is 0.322. The van der Waals surface area contributed by atoms with Crippen LogP contribution >= 0.6 is 0 Å². The molecule has 0 bridgehead atoms. The monoisotopic (exact) mass is 227 g/mol. The Bertz CT molecular complexity index is 509. The maximum absolute atomic E-state index is 11.2. The van der Waals surface area contributed by atoms with Gasteiger partial charge in [0.25, 0.3) is 0 Å². The number of nitrogens with zero attached hydrogens (tertiary/aromatic N) is 1. The minimum absolute atomic E-state index is 0.233. The maximum atomic E-state index is 11.2. The molecule has 0 aliphatic carbocycles. The second-order valence-electron chi connectivity index (χ2n) is 3.57. The Labute approximate surface area is 100 Å². The van der Waals surface area contributed by atoms with Crippen LogP contribution in [0.15, 0.2) is 48.7 Å². The lowest BCUT2D eigenvalue weighted by molar-refractivity contribution is -0.134. The van der Waals surface area contributed by atoms with Crippen molar-refractivity contribution in [1.82, 2.24) is 4.98 Å². The van der Waals surface area contributed by atoms with Crippen LogP contribution in [0.25, 0.3) is 11.3 Å². The minimum Gasteiger partial charge on any atom is -0.427 e. The highest BCUT2D eigenvalue weighted by atomic mass is 16.5. The van der Waals surface area contributed by atoms with Crippen molar-refractivity contribution in [2.45, 2.75) is 13.3 Å². The number of benzene rings is 1. The molecule has 0 unspecified atom stereocenters. The number of hydrogen-bond acceptors (Lipinski definition) is 3. The van der Waals surface area contributed by atoms with Gasteiger partial charge in [0, 0.05) is 18.2 Å². The van der Waals surface area contributed by atoms with Crippen molar-refractivity contribution >= 4 is 5.97 Å². The van der Waals surface area contributed by atoms with E-state index in [4.69, 9.17) is 4.74 Å². The zero-order chi connectivity index (χ0) is 12.1. The molecule has 1 heterocycles. The molecule has 86 valence electrons. The van der Waals surface area contributed by atoms with Crippen molar-refractivity contribution in [3.8, 4) is 17.0 Å². The molecule has 0 atom stereocenters. The molecule has 17 heavy (non-hydrogen) atoms. The summed E-state index contributed by atoms with van der Waals surface area (Å²) in [5, 5.41) is 0. The Balaban J connectivity index is 2.26. The first-order valence-electron chi connectivity index (χ1n) is 5.51. The van der Waals surface area contributed by atoms with E-state index < -0.39 is 0 Å². The highest BCUT2D eigenvalue weighted by Gasteiger charge is 2.04. The lowest BCUT2D eigenvalue weighted by Crippen LogP contribution is -2.05. The zero-order valence-electron chi connectivity index (χ0n) is 9.59. The number of esters is 1. The molecule has 0 spiro atoms. The Kier molecular flexibility index (Phi) is 3.50. The van der Waals surface area contributed by atoms with E-state index in [9.17, 15) is 4.79 Å². The van der Waals surface area contributed by atoms with E-state index in [2.05, 4.69) is 4.98 Å². The maximum Gasteiger partial charge on any atom is 0.310 e. The van der Waals surface area contributed by atoms with Gasteiger partial charge in [-0.15, -0.1) is 0 Å². The molecular weight excluding hydrogens is 214 g/mol. The van der Waals surface area contributed by atoms with Gasteiger partial charge in [0.2, 0.25) is 0 Å². The lowest BCUT2D eigenvalue weighted by atomic mass is 10.1. The van der Waals surface area contributed by atoms with Gasteiger partial charge in [-0.05, 0) is 24.3 Å². The summed E-state index contributed by atoms with van der Waals surface area (Å²) >= 11 is 0. The summed E-state index contributed by atoms with van der Waals surface area (Å²) in [4.78, 5) is 15.4. The molecule has 1 aromatic heterocycles. The van der Waals surface area contributed by atoms with Crippen LogP contribution in [0.4, 0.5) is 0 Å². The predicted octanol–water partition coefficient (Wildman–Crippen LogP) is 3.06. The van der Waals surface area contributed by atoms with E-state index in [-0.39, 0.29) is 5.97 Å². The lowest BCUT2D eigenvalue weighted by Gasteiger charge is -2.05. The van der Waals surface area contributed by atoms with E-state index in [0.29, 0.717) is 12.2 Å². The number of pyridine rings is 1. The highest BCUT2D eigenvalue weighted by molar-refractivity contribution is 5.72. The fraction of sp³-hybridized carbons (Fsp3) is 0.143. The van der Waals surface area contributed by atoms with Crippen molar-refractivity contribution in [2.75, 3.05) is 0 Å². The molecular formula is C14H13NO2. The molecule has 0 saturated carbocycles. The van der Waals surface area contributed by atoms with Crippen LogP contribution in [0.3, 0.4) is 0 Å². The molecule has 0 amide bonds. The Morgan fingerprint density at radius 3 is 2.82 bits per heavy atom. The summed E-state index contributed by atoms with van der Waals surface area (Å²) in [6, 6.07) is 13.1. The number of carbonyl (C=O) groups excluding carboxylic acids is 1. The third kappa shape index (κ3) is 2.91. The summed E-state index contributed by atoms with van der Waals surface area (Å²) in [6.07, 6.45) is 2.11. The van der Waals surface area contributed by atoms with Crippen molar-refractivity contribution < 1.29 is 9.53 Å². The van der Waals surface area contributed by atoms with Crippen LogP contribution in [0.1, 0.15) is 13.3 Å². The van der Waals surface area contributed by atoms with Gasteiger partial charge in [-0.2, -0.15) is 0 Å². The summed E-state index contributed by atoms with van der Waals surface area (Å²) in [7, 11) is 0. The van der Waals surface area contributed by atoms with Gasteiger partial charge < -0.3 is 4.74 Å². The van der Waals surface area contributed by atoms with E-state index in [1.807, 2.05) is 36.4 Å². The van der Waals surface area contributed by atoms with Gasteiger partial charge >= 0.3 is 5.97 Å². The number of ether oxygens (including phenoxy) is 1. The summed E-state index contributed by atoms with van der Waals surface area (Å²) in [5.41, 5.74) is 1.80. The molecule has 3 nitrogen and oxygen atoms in total. The highest BCUT2D eigenvalue weighted by Crippen LogP contribution is 2.22. The molecule has 0 aliphatic heterocycles. The third-order valence-electron chi connectivity index (χ3n) is 2.32. The normalized spacial score (nSPS) is 9.94. The Morgan fingerprint density at radius 1 is 1.24 bits per heavy atom. The second kappa shape index (κ2) is 5.25. The van der Waals surface area contributed by atoms with E-state index >= 15 is 0 Å². The summed E-state index contributed by atoms with van der Waals surface area (Å²) < 4.78 is 5.16. The quantitative estimate of drug-likeness (QED) is 0.597. The molecule has 0 N–H and O–H groups in total. The minimum atomic E-state index is -0.233. The molecule has 0 radical (unpaired) electrons. The molecule has 1 aromatic carbocycles. The number of hydrogen-bond donors (Lipinski definition) is 0. The average Bonchev–Trinajstić information content (AvgIpc) is 2.40. The van der Waals surface area contributed by atoms with E-state index in [1.165, 1.54) is 0 Å². The van der Waals surface area contributed by atoms with Crippen LogP contribution in [0, 0.1) is 0 Å². The molecule has 2 aromatic rings. The first-order valence-corrected chi connectivity index (χ1v) is 5.51. The van der Waals surface area contributed by atoms with Gasteiger partial charge in [-0.1, -0.05) is 25.1 Å². The van der Waals surface area contributed by atoms with Gasteiger partial charge in [0.1, 0.15) is 5.75 Å². The first kappa shape index (κ1) is 11.3. The Morgan fingerprint density at radius 2 is 2.12 bits per heavy atom. The van der Waals surface area contributed by atoms with Gasteiger partial charge in [0.15, 0.2) is 0 Å². The molecule has 0 aliphatic rings. The van der Waals surface area contributed by atoms with Gasteiger partial charge in [-0.25, -0.2) is 0 Å². The fourth-order valence-corrected chi connectivity index (χ4v) is 1.46. The number of carbonyl (C=O) groups is 1. The number of aromatic nitrogens is 1. The van der Waals surface area contributed by atoms with Gasteiger partial charge in [-0.3, -0.25) is 9.78 Å². The van der Waals surface area contributed by atoms with Crippen molar-refractivity contribution in [2.24, 2.45) is 0 Å². The standard InChI is InChI=1S/C14H13NO2/c1-2-14(16)17-12-7-5-6-11(10-12)13-8-3-4-9-15-13/h3-10H,2H2,1H3. The van der Waals surface area contributed by atoms with Crippen LogP contribution in [0.5, 0.6) is 5.75 Å². The zero-order valence-corrected chi connectivity index (χ0v) is 9.59. The number of rotatable bonds is 3. The largest absolute Gasteiger partial charge is 0.427 e. The summed E-state index contributed by atoms with van der Waals surface area (Å²) in [6.45, 7) is 1.77. The van der Waals surface area contributed by atoms with E-state index in [1.54, 1.807) is 19.2 Å². The van der Waals surface area contributed by atoms with Crippen LogP contribution in [0.2, 0.25) is 0 Å². The topological polar surface area (TPSA) is 39.2 Å². The molecule has 2 rings (SSSR count). The smallest absolute Gasteiger partial charge is 0.310 e. The van der Waals surface area contributed by atoms with Crippen LogP contribution in [-0.2, 0) is 4.79 Å². The van der Waals surface area contributed by atoms with Crippen molar-refractivity contribution in [3.63, 3.8) is 0 Å². The van der Waals surface area contributed by atoms with E-state index in [0.717, 1.165) is 11.3 Å². The molecule has 3 heteroatoms. The van der Waals surface area contributed by atoms with Crippen LogP contribution in [-0.4, -0.2) is 11.0 Å². The van der Waals surface area contributed by atoms with Crippen molar-refractivity contribution in [1.29, 1.82) is 0 Å². The Hall–Kier alpha value is -2.16. The SMILES string of the molecule is CCC(=O)Oc1cccc(-c2ccccn2)c1. The molecule has 0 fully saturated rings. The first-order chi connectivity index (χ1) is 8.29. The third-order valence-corrected chi connectivity index (χ3v) is 2.32. The fourth-order valence-electron chi connectivity index (χ4n) is 1.46. The van der Waals surface area contributed by atoms with Crippen LogP contribution < -0.4 is 4.74 Å². The van der Waals surface area contributed by atoms with Crippen molar-refractivity contribution in [3.05, 3.63) is 48.7 Å². The second-order valence-corrected chi connectivity index (χ2v) is 3.57. The average molecular weight is 227 g/mol. The predicted molar refractivity (Wildman–Crippen MR) is 65.6 cm³/mol.